The zero-order chi connectivity index (χ0) is 16.4. The molecule has 0 spiro atoms. The fourth-order valence-corrected chi connectivity index (χ4v) is 3.34. The molecule has 0 aliphatic carbocycles. The highest BCUT2D eigenvalue weighted by Crippen LogP contribution is 2.34. The maximum atomic E-state index is 12.1. The van der Waals surface area contributed by atoms with Crippen molar-refractivity contribution in [2.45, 2.75) is 19.4 Å². The summed E-state index contributed by atoms with van der Waals surface area (Å²) in [6, 6.07) is 5.36. The fourth-order valence-electron chi connectivity index (χ4n) is 2.21. The SMILES string of the molecule is COc1cc2sc(NC(=O)C[C@H](C)n3cccn3)nc2cc1Cl. The topological polar surface area (TPSA) is 69.0 Å². The quantitative estimate of drug-likeness (QED) is 0.761. The van der Waals surface area contributed by atoms with Gasteiger partial charge in [0.2, 0.25) is 5.91 Å². The molecule has 1 atom stereocenters. The van der Waals surface area contributed by atoms with Crippen LogP contribution in [0, 0.1) is 0 Å². The van der Waals surface area contributed by atoms with Crippen LogP contribution < -0.4 is 10.1 Å². The van der Waals surface area contributed by atoms with Gasteiger partial charge in [-0.25, -0.2) is 4.98 Å². The minimum atomic E-state index is -0.106. The summed E-state index contributed by atoms with van der Waals surface area (Å²) in [5.74, 6) is 0.484. The molecule has 120 valence electrons. The lowest BCUT2D eigenvalue weighted by molar-refractivity contribution is -0.116. The smallest absolute Gasteiger partial charge is 0.228 e. The van der Waals surface area contributed by atoms with Gasteiger partial charge in [-0.1, -0.05) is 22.9 Å². The lowest BCUT2D eigenvalue weighted by Gasteiger charge is -2.10. The van der Waals surface area contributed by atoms with Gasteiger partial charge in [-0.3, -0.25) is 9.48 Å². The Morgan fingerprint density at radius 2 is 2.35 bits per heavy atom. The molecule has 0 radical (unpaired) electrons. The van der Waals surface area contributed by atoms with Gasteiger partial charge in [0.1, 0.15) is 5.75 Å². The molecule has 0 saturated heterocycles. The number of nitrogens with one attached hydrogen (secondary N) is 1. The number of thiazole rings is 1. The number of fused-ring (bicyclic) bond motifs is 1. The Labute approximate surface area is 142 Å². The summed E-state index contributed by atoms with van der Waals surface area (Å²) in [5.41, 5.74) is 0.733. The van der Waals surface area contributed by atoms with E-state index in [4.69, 9.17) is 16.3 Å². The van der Waals surface area contributed by atoms with Crippen molar-refractivity contribution in [2.75, 3.05) is 12.4 Å². The van der Waals surface area contributed by atoms with E-state index in [1.807, 2.05) is 25.3 Å². The van der Waals surface area contributed by atoms with E-state index < -0.39 is 0 Å². The van der Waals surface area contributed by atoms with Gasteiger partial charge in [0.05, 0.1) is 28.4 Å². The molecule has 0 aliphatic rings. The summed E-state index contributed by atoms with van der Waals surface area (Å²) in [5, 5.41) is 8.00. The van der Waals surface area contributed by atoms with Crippen LogP contribution in [0.1, 0.15) is 19.4 Å². The normalized spacial score (nSPS) is 12.3. The van der Waals surface area contributed by atoms with Crippen LogP contribution in [0.4, 0.5) is 5.13 Å². The molecule has 0 bridgehead atoms. The van der Waals surface area contributed by atoms with E-state index in [-0.39, 0.29) is 11.9 Å². The van der Waals surface area contributed by atoms with Crippen molar-refractivity contribution in [1.29, 1.82) is 0 Å². The van der Waals surface area contributed by atoms with Crippen LogP contribution in [0.3, 0.4) is 0 Å². The van der Waals surface area contributed by atoms with Gasteiger partial charge in [-0.15, -0.1) is 0 Å². The second kappa shape index (κ2) is 6.55. The van der Waals surface area contributed by atoms with Gasteiger partial charge in [-0.2, -0.15) is 5.10 Å². The summed E-state index contributed by atoms with van der Waals surface area (Å²) in [4.78, 5) is 16.5. The van der Waals surface area contributed by atoms with Crippen LogP contribution >= 0.6 is 22.9 Å². The first kappa shape index (κ1) is 15.8. The van der Waals surface area contributed by atoms with Crippen LogP contribution in [0.25, 0.3) is 10.2 Å². The summed E-state index contributed by atoms with van der Waals surface area (Å²) >= 11 is 7.47. The standard InChI is InChI=1S/C15H15ClN4O2S/c1-9(20-5-3-4-17-20)6-14(21)19-15-18-11-7-10(16)12(22-2)8-13(11)23-15/h3-5,7-9H,6H2,1-2H3,(H,18,19,21)/t9-/m0/s1. The third kappa shape index (κ3) is 3.46. The van der Waals surface area contributed by atoms with Crippen molar-refractivity contribution in [3.63, 3.8) is 0 Å². The minimum Gasteiger partial charge on any atom is -0.495 e. The number of halogens is 1. The number of methoxy groups -OCH3 is 1. The average Bonchev–Trinajstić information content (AvgIpc) is 3.14. The van der Waals surface area contributed by atoms with Crippen molar-refractivity contribution in [1.82, 2.24) is 14.8 Å². The highest BCUT2D eigenvalue weighted by atomic mass is 35.5. The van der Waals surface area contributed by atoms with E-state index in [2.05, 4.69) is 15.4 Å². The highest BCUT2D eigenvalue weighted by molar-refractivity contribution is 7.22. The molecule has 3 rings (SSSR count). The second-order valence-electron chi connectivity index (χ2n) is 5.06. The van der Waals surface area contributed by atoms with Gasteiger partial charge < -0.3 is 10.1 Å². The highest BCUT2D eigenvalue weighted by Gasteiger charge is 2.14. The van der Waals surface area contributed by atoms with Gasteiger partial charge in [0.25, 0.3) is 0 Å². The summed E-state index contributed by atoms with van der Waals surface area (Å²) in [7, 11) is 1.56. The third-order valence-corrected chi connectivity index (χ3v) is 4.59. The minimum absolute atomic E-state index is 0.0195. The predicted octanol–water partition coefficient (Wildman–Crippen LogP) is 3.74. The van der Waals surface area contributed by atoms with Gasteiger partial charge in [-0.05, 0) is 19.1 Å². The summed E-state index contributed by atoms with van der Waals surface area (Å²) in [6.07, 6.45) is 3.85. The molecule has 23 heavy (non-hydrogen) atoms. The summed E-state index contributed by atoms with van der Waals surface area (Å²) in [6.45, 7) is 1.94. The molecule has 0 fully saturated rings. The maximum Gasteiger partial charge on any atom is 0.228 e. The third-order valence-electron chi connectivity index (χ3n) is 3.37. The first-order chi connectivity index (χ1) is 11.1. The zero-order valence-electron chi connectivity index (χ0n) is 12.6. The number of amides is 1. The molecule has 3 aromatic rings. The number of hydrogen-bond acceptors (Lipinski definition) is 5. The lowest BCUT2D eigenvalue weighted by Crippen LogP contribution is -2.17. The largest absolute Gasteiger partial charge is 0.495 e. The van der Waals surface area contributed by atoms with Crippen LogP contribution in [0.2, 0.25) is 5.02 Å². The van der Waals surface area contributed by atoms with Gasteiger partial charge in [0, 0.05) is 24.9 Å². The van der Waals surface area contributed by atoms with Crippen molar-refractivity contribution in [2.24, 2.45) is 0 Å². The Hall–Kier alpha value is -2.12. The van der Waals surface area contributed by atoms with Gasteiger partial charge >= 0.3 is 0 Å². The number of nitrogens with zero attached hydrogens (tertiary/aromatic N) is 3. The molecule has 1 N–H and O–H groups in total. The van der Waals surface area contributed by atoms with E-state index in [0.29, 0.717) is 22.3 Å². The van der Waals surface area contributed by atoms with E-state index >= 15 is 0 Å². The maximum absolute atomic E-state index is 12.1. The molecular formula is C15H15ClN4O2S. The Bertz CT molecular complexity index is 831. The Balaban J connectivity index is 1.72. The second-order valence-corrected chi connectivity index (χ2v) is 6.50. The molecule has 1 amide bonds. The molecule has 8 heteroatoms. The monoisotopic (exact) mass is 350 g/mol. The van der Waals surface area contributed by atoms with E-state index in [1.165, 1.54) is 11.3 Å². The number of benzene rings is 1. The number of carbonyl (C=O) groups is 1. The van der Waals surface area contributed by atoms with Crippen molar-refractivity contribution >= 4 is 44.2 Å². The number of aromatic nitrogens is 3. The predicted molar refractivity (Wildman–Crippen MR) is 91.4 cm³/mol. The first-order valence-electron chi connectivity index (χ1n) is 7.00. The summed E-state index contributed by atoms with van der Waals surface area (Å²) < 4.78 is 7.84. The van der Waals surface area contributed by atoms with E-state index in [9.17, 15) is 4.79 Å². The molecule has 0 saturated carbocycles. The zero-order valence-corrected chi connectivity index (χ0v) is 14.2. The van der Waals surface area contributed by atoms with E-state index in [1.54, 1.807) is 24.1 Å². The number of anilines is 1. The van der Waals surface area contributed by atoms with Gasteiger partial charge in [0.15, 0.2) is 5.13 Å². The Morgan fingerprint density at radius 3 is 3.04 bits per heavy atom. The molecular weight excluding hydrogens is 336 g/mol. The number of rotatable bonds is 5. The molecule has 0 aliphatic heterocycles. The Kier molecular flexibility index (Phi) is 4.49. The molecule has 2 aromatic heterocycles. The Morgan fingerprint density at radius 1 is 1.52 bits per heavy atom. The van der Waals surface area contributed by atoms with E-state index in [0.717, 1.165) is 10.2 Å². The average molecular weight is 351 g/mol. The van der Waals surface area contributed by atoms with Crippen LogP contribution in [0.15, 0.2) is 30.6 Å². The lowest BCUT2D eigenvalue weighted by atomic mass is 10.2. The number of ether oxygens (including phenoxy) is 1. The van der Waals surface area contributed by atoms with Crippen LogP contribution in [-0.4, -0.2) is 27.8 Å². The molecule has 1 aromatic carbocycles. The first-order valence-corrected chi connectivity index (χ1v) is 8.19. The fraction of sp³-hybridized carbons (Fsp3) is 0.267. The molecule has 6 nitrogen and oxygen atoms in total. The molecule has 2 heterocycles. The molecule has 0 unspecified atom stereocenters. The van der Waals surface area contributed by atoms with Crippen LogP contribution in [0.5, 0.6) is 5.75 Å². The van der Waals surface area contributed by atoms with Crippen molar-refractivity contribution in [3.8, 4) is 5.75 Å². The van der Waals surface area contributed by atoms with Crippen molar-refractivity contribution < 1.29 is 9.53 Å². The van der Waals surface area contributed by atoms with Crippen molar-refractivity contribution in [3.05, 3.63) is 35.6 Å². The van der Waals surface area contributed by atoms with Crippen LogP contribution in [-0.2, 0) is 4.79 Å². The number of hydrogen-bond donors (Lipinski definition) is 1. The number of carbonyl (C=O) groups excluding carboxylic acids is 1.